The fourth-order valence-corrected chi connectivity index (χ4v) is 2.18. The molecule has 0 saturated carbocycles. The van der Waals surface area contributed by atoms with E-state index in [1.807, 2.05) is 0 Å². The standard InChI is InChI=1S/C7H15Cl2Si/c1-2-3-4-5-6-7-10(8)9/h2-7H2,1H3. The van der Waals surface area contributed by atoms with Crippen molar-refractivity contribution in [3.8, 4) is 0 Å². The lowest BCUT2D eigenvalue weighted by molar-refractivity contribution is 0.655. The zero-order valence-corrected chi connectivity index (χ0v) is 9.01. The van der Waals surface area contributed by atoms with Gasteiger partial charge in [0.1, 0.15) is 0 Å². The van der Waals surface area contributed by atoms with Gasteiger partial charge in [0, 0.05) is 0 Å². The highest BCUT2D eigenvalue weighted by Crippen LogP contribution is 2.11. The van der Waals surface area contributed by atoms with Crippen molar-refractivity contribution in [1.29, 1.82) is 0 Å². The van der Waals surface area contributed by atoms with Crippen molar-refractivity contribution >= 4 is 29.6 Å². The van der Waals surface area contributed by atoms with Crippen LogP contribution in [0.25, 0.3) is 0 Å². The topological polar surface area (TPSA) is 0 Å². The lowest BCUT2D eigenvalue weighted by Gasteiger charge is -1.97. The van der Waals surface area contributed by atoms with Crippen molar-refractivity contribution in [1.82, 2.24) is 0 Å². The third kappa shape index (κ3) is 8.80. The molecule has 0 saturated heterocycles. The predicted octanol–water partition coefficient (Wildman–Crippen LogP) is 3.92. The maximum absolute atomic E-state index is 5.66. The first kappa shape index (κ1) is 10.8. The van der Waals surface area contributed by atoms with Crippen LogP contribution in [0.5, 0.6) is 0 Å². The monoisotopic (exact) mass is 197 g/mol. The van der Waals surface area contributed by atoms with Gasteiger partial charge in [0.2, 0.25) is 0 Å². The molecule has 0 aliphatic carbocycles. The maximum Gasteiger partial charge on any atom is 0.273 e. The third-order valence-electron chi connectivity index (χ3n) is 1.47. The van der Waals surface area contributed by atoms with Crippen LogP contribution in [0.15, 0.2) is 0 Å². The van der Waals surface area contributed by atoms with E-state index in [1.54, 1.807) is 0 Å². The summed E-state index contributed by atoms with van der Waals surface area (Å²) in [5.74, 6) is 0. The summed E-state index contributed by atoms with van der Waals surface area (Å²) in [5.41, 5.74) is 0. The van der Waals surface area contributed by atoms with Crippen LogP contribution < -0.4 is 0 Å². The average molecular weight is 198 g/mol. The molecule has 0 heterocycles. The molecule has 0 aromatic carbocycles. The summed E-state index contributed by atoms with van der Waals surface area (Å²) < 4.78 is 0. The molecular weight excluding hydrogens is 183 g/mol. The smallest absolute Gasteiger partial charge is 0.147 e. The van der Waals surface area contributed by atoms with E-state index < -0.39 is 7.42 Å². The molecule has 3 heteroatoms. The van der Waals surface area contributed by atoms with E-state index >= 15 is 0 Å². The minimum atomic E-state index is -0.977. The Balaban J connectivity index is 2.77. The number of hydrogen-bond donors (Lipinski definition) is 0. The van der Waals surface area contributed by atoms with E-state index in [-0.39, 0.29) is 0 Å². The zero-order valence-electron chi connectivity index (χ0n) is 6.50. The lowest BCUT2D eigenvalue weighted by Crippen LogP contribution is -1.90. The fourth-order valence-electron chi connectivity index (χ4n) is 0.862. The van der Waals surface area contributed by atoms with Gasteiger partial charge in [-0.2, -0.15) is 0 Å². The Morgan fingerprint density at radius 1 is 1.00 bits per heavy atom. The van der Waals surface area contributed by atoms with Gasteiger partial charge in [0.05, 0.1) is 0 Å². The van der Waals surface area contributed by atoms with Crippen LogP contribution in [-0.4, -0.2) is 7.42 Å². The van der Waals surface area contributed by atoms with Gasteiger partial charge >= 0.3 is 0 Å². The number of rotatable bonds is 6. The average Bonchev–Trinajstić information content (AvgIpc) is 1.87. The van der Waals surface area contributed by atoms with Crippen molar-refractivity contribution in [3.63, 3.8) is 0 Å². The van der Waals surface area contributed by atoms with Crippen LogP contribution in [0.2, 0.25) is 6.04 Å². The van der Waals surface area contributed by atoms with Gasteiger partial charge in [-0.25, -0.2) is 0 Å². The molecular formula is C7H15Cl2Si. The highest BCUT2D eigenvalue weighted by Gasteiger charge is 2.00. The first-order valence-electron chi connectivity index (χ1n) is 3.94. The molecule has 0 unspecified atom stereocenters. The Morgan fingerprint density at radius 3 is 2.10 bits per heavy atom. The van der Waals surface area contributed by atoms with Crippen LogP contribution in [0.1, 0.15) is 39.0 Å². The van der Waals surface area contributed by atoms with Crippen LogP contribution in [0.3, 0.4) is 0 Å². The number of unbranched alkanes of at least 4 members (excludes halogenated alkanes) is 4. The van der Waals surface area contributed by atoms with Crippen molar-refractivity contribution in [2.75, 3.05) is 0 Å². The largest absolute Gasteiger partial charge is 0.273 e. The van der Waals surface area contributed by atoms with E-state index in [4.69, 9.17) is 22.2 Å². The van der Waals surface area contributed by atoms with Crippen LogP contribution >= 0.6 is 22.2 Å². The second-order valence-electron chi connectivity index (χ2n) is 2.50. The first-order valence-corrected chi connectivity index (χ1v) is 7.67. The molecule has 0 aromatic rings. The van der Waals surface area contributed by atoms with Crippen molar-refractivity contribution < 1.29 is 0 Å². The minimum Gasteiger partial charge on any atom is -0.147 e. The quantitative estimate of drug-likeness (QED) is 0.344. The SMILES string of the molecule is CCCCCCC[Si](Cl)Cl. The molecule has 61 valence electrons. The molecule has 0 amide bonds. The molecule has 0 spiro atoms. The molecule has 0 nitrogen and oxygen atoms in total. The van der Waals surface area contributed by atoms with Crippen molar-refractivity contribution in [2.45, 2.75) is 45.1 Å². The lowest BCUT2D eigenvalue weighted by atomic mass is 10.2. The maximum atomic E-state index is 5.66. The summed E-state index contributed by atoms with van der Waals surface area (Å²) in [6, 6.07) is 1.05. The van der Waals surface area contributed by atoms with Gasteiger partial charge in [-0.05, 0) is 6.04 Å². The molecule has 0 aliphatic heterocycles. The molecule has 0 atom stereocenters. The van der Waals surface area contributed by atoms with Gasteiger partial charge in [0.25, 0.3) is 7.42 Å². The Labute approximate surface area is 74.9 Å². The fraction of sp³-hybridized carbons (Fsp3) is 1.00. The van der Waals surface area contributed by atoms with E-state index in [9.17, 15) is 0 Å². The van der Waals surface area contributed by atoms with E-state index in [0.29, 0.717) is 0 Å². The molecule has 1 radical (unpaired) electrons. The summed E-state index contributed by atoms with van der Waals surface area (Å²) in [6.45, 7) is 2.22. The Bertz CT molecular complexity index is 66.6. The molecule has 0 aromatic heterocycles. The van der Waals surface area contributed by atoms with Gasteiger partial charge in [-0.1, -0.05) is 39.0 Å². The summed E-state index contributed by atoms with van der Waals surface area (Å²) in [7, 11) is -0.977. The molecule has 0 N–H and O–H groups in total. The molecule has 0 aliphatic rings. The highest BCUT2D eigenvalue weighted by molar-refractivity contribution is 7.33. The minimum absolute atomic E-state index is 0.977. The summed E-state index contributed by atoms with van der Waals surface area (Å²) in [4.78, 5) is 0. The predicted molar refractivity (Wildman–Crippen MR) is 51.0 cm³/mol. The van der Waals surface area contributed by atoms with Gasteiger partial charge in [-0.15, -0.1) is 22.2 Å². The highest BCUT2D eigenvalue weighted by atomic mass is 35.7. The van der Waals surface area contributed by atoms with Crippen LogP contribution in [0.4, 0.5) is 0 Å². The molecule has 10 heavy (non-hydrogen) atoms. The second kappa shape index (κ2) is 7.90. The number of halogens is 2. The van der Waals surface area contributed by atoms with Gasteiger partial charge < -0.3 is 0 Å². The number of hydrogen-bond acceptors (Lipinski definition) is 0. The van der Waals surface area contributed by atoms with Crippen molar-refractivity contribution in [2.24, 2.45) is 0 Å². The summed E-state index contributed by atoms with van der Waals surface area (Å²) >= 11 is 11.3. The summed E-state index contributed by atoms with van der Waals surface area (Å²) in [5, 5.41) is 0. The van der Waals surface area contributed by atoms with E-state index in [2.05, 4.69) is 6.92 Å². The van der Waals surface area contributed by atoms with Crippen LogP contribution in [-0.2, 0) is 0 Å². The Morgan fingerprint density at radius 2 is 1.60 bits per heavy atom. The third-order valence-corrected chi connectivity index (χ3v) is 3.33. The van der Waals surface area contributed by atoms with E-state index in [1.165, 1.54) is 32.1 Å². The van der Waals surface area contributed by atoms with E-state index in [0.717, 1.165) is 6.04 Å². The van der Waals surface area contributed by atoms with Crippen molar-refractivity contribution in [3.05, 3.63) is 0 Å². The first-order chi connectivity index (χ1) is 4.77. The Kier molecular flexibility index (Phi) is 8.53. The Hall–Kier alpha value is 0.797. The molecule has 0 fully saturated rings. The normalized spacial score (nSPS) is 10.8. The second-order valence-corrected chi connectivity index (χ2v) is 7.00. The molecule has 0 rings (SSSR count). The molecule has 0 bridgehead atoms. The van der Waals surface area contributed by atoms with Gasteiger partial charge in [-0.3, -0.25) is 0 Å². The zero-order chi connectivity index (χ0) is 7.82. The summed E-state index contributed by atoms with van der Waals surface area (Å²) in [6.07, 6.45) is 6.54. The van der Waals surface area contributed by atoms with Crippen LogP contribution in [0, 0.1) is 0 Å². The van der Waals surface area contributed by atoms with Gasteiger partial charge in [0.15, 0.2) is 0 Å².